The van der Waals surface area contributed by atoms with Crippen molar-refractivity contribution in [3.8, 4) is 11.3 Å². The number of halogens is 3. The van der Waals surface area contributed by atoms with Crippen LogP contribution in [0.4, 0.5) is 11.4 Å². The predicted octanol–water partition coefficient (Wildman–Crippen LogP) is 7.18. The average molecular weight is 561 g/mol. The van der Waals surface area contributed by atoms with Crippen molar-refractivity contribution in [3.63, 3.8) is 0 Å². The van der Waals surface area contributed by atoms with Gasteiger partial charge in [-0.05, 0) is 60.0 Å². The second kappa shape index (κ2) is 10.6. The van der Waals surface area contributed by atoms with Crippen LogP contribution in [0.15, 0.2) is 70.5 Å². The number of carbonyl (C=O) groups is 2. The summed E-state index contributed by atoms with van der Waals surface area (Å²) in [6.07, 6.45) is 0. The van der Waals surface area contributed by atoms with Crippen molar-refractivity contribution < 1.29 is 14.0 Å². The molecule has 2 aromatic carbocycles. The minimum absolute atomic E-state index is 0.0632. The maximum absolute atomic E-state index is 12.7. The number of rotatable bonds is 5. The first-order valence-electron chi connectivity index (χ1n) is 11.1. The first-order chi connectivity index (χ1) is 17.4. The number of nitrogens with zero attached hydrogens (tertiary/aromatic N) is 2. The fourth-order valence-corrected chi connectivity index (χ4v) is 5.53. The molecule has 6 nitrogen and oxygen atoms in total. The van der Waals surface area contributed by atoms with Crippen LogP contribution in [-0.2, 0) is 0 Å². The number of piperazine rings is 1. The largest absolute Gasteiger partial charge is 0.451 e. The lowest BCUT2D eigenvalue weighted by atomic mass is 10.2. The van der Waals surface area contributed by atoms with Gasteiger partial charge in [-0.2, -0.15) is 0 Å². The molecule has 36 heavy (non-hydrogen) atoms. The van der Waals surface area contributed by atoms with Crippen LogP contribution in [0.2, 0.25) is 15.1 Å². The Morgan fingerprint density at radius 1 is 0.889 bits per heavy atom. The van der Waals surface area contributed by atoms with E-state index in [1.54, 1.807) is 42.5 Å². The summed E-state index contributed by atoms with van der Waals surface area (Å²) in [4.78, 5) is 30.1. The van der Waals surface area contributed by atoms with E-state index in [2.05, 4.69) is 10.2 Å². The molecular weight excluding hydrogens is 541 g/mol. The summed E-state index contributed by atoms with van der Waals surface area (Å²) in [6.45, 7) is 2.57. The second-order valence-corrected chi connectivity index (χ2v) is 10.4. The zero-order valence-corrected chi connectivity index (χ0v) is 21.9. The normalized spacial score (nSPS) is 13.6. The van der Waals surface area contributed by atoms with Crippen molar-refractivity contribution in [1.82, 2.24) is 4.90 Å². The van der Waals surface area contributed by atoms with Crippen LogP contribution >= 0.6 is 46.1 Å². The molecule has 0 spiro atoms. The van der Waals surface area contributed by atoms with Gasteiger partial charge in [0.1, 0.15) is 5.76 Å². The molecule has 1 aliphatic heterocycles. The molecular formula is C26H20Cl3N3O3S. The van der Waals surface area contributed by atoms with Gasteiger partial charge in [0.05, 0.1) is 20.6 Å². The Hall–Kier alpha value is -2.97. The number of nitrogens with one attached hydrogen (secondary N) is 1. The summed E-state index contributed by atoms with van der Waals surface area (Å²) < 4.78 is 5.72. The molecule has 184 valence electrons. The molecule has 3 heterocycles. The molecule has 1 fully saturated rings. The maximum atomic E-state index is 12.7. The van der Waals surface area contributed by atoms with E-state index in [0.29, 0.717) is 58.3 Å². The van der Waals surface area contributed by atoms with Crippen molar-refractivity contribution in [2.24, 2.45) is 0 Å². The summed E-state index contributed by atoms with van der Waals surface area (Å²) in [7, 11) is 0. The molecule has 5 rings (SSSR count). The van der Waals surface area contributed by atoms with Gasteiger partial charge in [0, 0.05) is 42.5 Å². The maximum Gasteiger partial charge on any atom is 0.291 e. The number of thiophene rings is 1. The number of carbonyl (C=O) groups excluding carboxylic acids is 2. The van der Waals surface area contributed by atoms with E-state index in [9.17, 15) is 9.59 Å². The lowest BCUT2D eigenvalue weighted by Gasteiger charge is -2.36. The Kier molecular flexibility index (Phi) is 7.25. The Morgan fingerprint density at radius 2 is 1.69 bits per heavy atom. The highest BCUT2D eigenvalue weighted by Crippen LogP contribution is 2.33. The molecule has 0 bridgehead atoms. The van der Waals surface area contributed by atoms with Crippen LogP contribution in [0.5, 0.6) is 0 Å². The van der Waals surface area contributed by atoms with Crippen molar-refractivity contribution >= 4 is 69.3 Å². The quantitative estimate of drug-likeness (QED) is 0.281. The van der Waals surface area contributed by atoms with Gasteiger partial charge in [-0.3, -0.25) is 9.59 Å². The van der Waals surface area contributed by atoms with Crippen LogP contribution in [-0.4, -0.2) is 42.9 Å². The van der Waals surface area contributed by atoms with E-state index in [4.69, 9.17) is 39.2 Å². The lowest BCUT2D eigenvalue weighted by Crippen LogP contribution is -2.48. The molecule has 0 radical (unpaired) electrons. The van der Waals surface area contributed by atoms with Crippen LogP contribution in [0.25, 0.3) is 11.3 Å². The summed E-state index contributed by atoms with van der Waals surface area (Å²) in [5, 5.41) is 6.18. The number of amides is 2. The zero-order valence-electron chi connectivity index (χ0n) is 18.8. The standard InChI is InChI=1S/C26H20Cl3N3O3S/c27-16-3-5-18(19(28)14-16)22-7-8-23(35-22)25(33)30-17-4-6-21(20(29)15-17)31-9-11-32(12-10-31)26(34)24-2-1-13-36-24/h1-8,13-15H,9-12H2,(H,30,33). The Morgan fingerprint density at radius 3 is 2.39 bits per heavy atom. The van der Waals surface area contributed by atoms with E-state index < -0.39 is 5.91 Å². The summed E-state index contributed by atoms with van der Waals surface area (Å²) >= 11 is 20.2. The molecule has 1 aliphatic rings. The second-order valence-electron chi connectivity index (χ2n) is 8.16. The number of anilines is 2. The number of benzene rings is 2. The molecule has 0 saturated carbocycles. The zero-order chi connectivity index (χ0) is 25.2. The van der Waals surface area contributed by atoms with E-state index in [1.165, 1.54) is 11.3 Å². The van der Waals surface area contributed by atoms with Crippen LogP contribution in [0.1, 0.15) is 20.2 Å². The highest BCUT2D eigenvalue weighted by atomic mass is 35.5. The molecule has 1 N–H and O–H groups in total. The smallest absolute Gasteiger partial charge is 0.291 e. The van der Waals surface area contributed by atoms with E-state index in [-0.39, 0.29) is 11.7 Å². The topological polar surface area (TPSA) is 65.8 Å². The van der Waals surface area contributed by atoms with Gasteiger partial charge >= 0.3 is 0 Å². The molecule has 2 amide bonds. The molecule has 2 aromatic heterocycles. The third-order valence-corrected chi connectivity index (χ3v) is 7.58. The fourth-order valence-electron chi connectivity index (χ4n) is 4.03. The van der Waals surface area contributed by atoms with E-state index >= 15 is 0 Å². The van der Waals surface area contributed by atoms with Gasteiger partial charge in [0.25, 0.3) is 11.8 Å². The van der Waals surface area contributed by atoms with Crippen molar-refractivity contribution in [2.75, 3.05) is 36.4 Å². The third kappa shape index (κ3) is 5.25. The van der Waals surface area contributed by atoms with Gasteiger partial charge in [-0.1, -0.05) is 40.9 Å². The number of furan rings is 1. The van der Waals surface area contributed by atoms with Crippen molar-refractivity contribution in [2.45, 2.75) is 0 Å². The monoisotopic (exact) mass is 559 g/mol. The first-order valence-corrected chi connectivity index (χ1v) is 13.1. The minimum atomic E-state index is -0.407. The summed E-state index contributed by atoms with van der Waals surface area (Å²) in [6, 6.07) is 17.4. The molecule has 0 aliphatic carbocycles. The highest BCUT2D eigenvalue weighted by Gasteiger charge is 2.24. The van der Waals surface area contributed by atoms with E-state index in [1.807, 2.05) is 28.5 Å². The van der Waals surface area contributed by atoms with Gasteiger partial charge in [-0.15, -0.1) is 11.3 Å². The highest BCUT2D eigenvalue weighted by molar-refractivity contribution is 7.12. The summed E-state index contributed by atoms with van der Waals surface area (Å²) in [5.41, 5.74) is 2.04. The minimum Gasteiger partial charge on any atom is -0.451 e. The average Bonchev–Trinajstić information content (AvgIpc) is 3.57. The van der Waals surface area contributed by atoms with Gasteiger partial charge in [0.15, 0.2) is 5.76 Å². The van der Waals surface area contributed by atoms with Crippen molar-refractivity contribution in [1.29, 1.82) is 0 Å². The van der Waals surface area contributed by atoms with Crippen LogP contribution in [0.3, 0.4) is 0 Å². The molecule has 1 saturated heterocycles. The SMILES string of the molecule is O=C(Nc1ccc(N2CCN(C(=O)c3cccs3)CC2)c(Cl)c1)c1ccc(-c2ccc(Cl)cc2Cl)o1. The van der Waals surface area contributed by atoms with E-state index in [0.717, 1.165) is 10.6 Å². The van der Waals surface area contributed by atoms with Gasteiger partial charge in [0.2, 0.25) is 0 Å². The Bertz CT molecular complexity index is 1410. The number of hydrogen-bond acceptors (Lipinski definition) is 5. The van der Waals surface area contributed by atoms with Crippen LogP contribution in [0, 0.1) is 0 Å². The van der Waals surface area contributed by atoms with Gasteiger partial charge in [-0.25, -0.2) is 0 Å². The first kappa shape index (κ1) is 24.7. The van der Waals surface area contributed by atoms with Crippen molar-refractivity contribution in [3.05, 3.63) is 91.7 Å². The Balaban J connectivity index is 1.22. The van der Waals surface area contributed by atoms with Gasteiger partial charge < -0.3 is 19.5 Å². The summed E-state index contributed by atoms with van der Waals surface area (Å²) in [5.74, 6) is 0.263. The third-order valence-electron chi connectivity index (χ3n) is 5.87. The Labute approximate surface area is 227 Å². The number of hydrogen-bond donors (Lipinski definition) is 1. The fraction of sp³-hybridized carbons (Fsp3) is 0.154. The lowest BCUT2D eigenvalue weighted by molar-refractivity contribution is 0.0751. The molecule has 4 aromatic rings. The molecule has 0 atom stereocenters. The molecule has 10 heteroatoms. The van der Waals surface area contributed by atoms with Crippen LogP contribution < -0.4 is 10.2 Å². The predicted molar refractivity (Wildman–Crippen MR) is 146 cm³/mol. The molecule has 0 unspecified atom stereocenters.